The Labute approximate surface area is 131 Å². The molecule has 2 N–H and O–H groups in total. The molecule has 1 atom stereocenters. The fourth-order valence-corrected chi connectivity index (χ4v) is 2.02. The number of hydrogen-bond acceptors (Lipinski definition) is 3. The van der Waals surface area contributed by atoms with Gasteiger partial charge in [-0.25, -0.2) is 0 Å². The van der Waals surface area contributed by atoms with Gasteiger partial charge in [0.15, 0.2) is 0 Å². The zero-order valence-electron chi connectivity index (χ0n) is 12.4. The van der Waals surface area contributed by atoms with Crippen LogP contribution in [0.2, 0.25) is 0 Å². The molecule has 0 radical (unpaired) electrons. The van der Waals surface area contributed by atoms with E-state index in [9.17, 15) is 18.0 Å². The zero-order chi connectivity index (χ0) is 16.9. The fraction of sp³-hybridized carbons (Fsp3) is 0.250. The van der Waals surface area contributed by atoms with E-state index >= 15 is 0 Å². The molecule has 2 rings (SSSR count). The third kappa shape index (κ3) is 4.98. The summed E-state index contributed by atoms with van der Waals surface area (Å²) in [4.78, 5) is 15.8. The smallest absolute Gasteiger partial charge is 0.376 e. The molecule has 1 unspecified atom stereocenters. The average Bonchev–Trinajstić information content (AvgIpc) is 2.53. The summed E-state index contributed by atoms with van der Waals surface area (Å²) in [6.45, 7) is 1.70. The van der Waals surface area contributed by atoms with Crippen LogP contribution in [0.4, 0.5) is 18.9 Å². The van der Waals surface area contributed by atoms with Crippen molar-refractivity contribution in [3.8, 4) is 0 Å². The lowest BCUT2D eigenvalue weighted by Crippen LogP contribution is -2.32. The average molecular weight is 323 g/mol. The zero-order valence-corrected chi connectivity index (χ0v) is 12.4. The highest BCUT2D eigenvalue weighted by Gasteiger charge is 2.30. The van der Waals surface area contributed by atoms with Gasteiger partial charge in [0.25, 0.3) is 0 Å². The van der Waals surface area contributed by atoms with Gasteiger partial charge in [0.1, 0.15) is 0 Å². The normalized spacial score (nSPS) is 12.5. The molecule has 0 fully saturated rings. The highest BCUT2D eigenvalue weighted by Crippen LogP contribution is 2.30. The maximum atomic E-state index is 12.6. The minimum absolute atomic E-state index is 0.114. The van der Waals surface area contributed by atoms with Crippen molar-refractivity contribution in [1.29, 1.82) is 0 Å². The Morgan fingerprint density at radius 2 is 1.91 bits per heavy atom. The first-order valence-electron chi connectivity index (χ1n) is 6.96. The number of alkyl halides is 3. The lowest BCUT2D eigenvalue weighted by atomic mass is 10.1. The van der Waals surface area contributed by atoms with Gasteiger partial charge in [-0.05, 0) is 42.8 Å². The van der Waals surface area contributed by atoms with Crippen molar-refractivity contribution in [2.75, 3.05) is 11.9 Å². The number of hydrogen-bond donors (Lipinski definition) is 2. The summed E-state index contributed by atoms with van der Waals surface area (Å²) in [6, 6.07) is 8.08. The second-order valence-corrected chi connectivity index (χ2v) is 5.00. The summed E-state index contributed by atoms with van der Waals surface area (Å²) in [7, 11) is 0. The van der Waals surface area contributed by atoms with Crippen LogP contribution in [-0.4, -0.2) is 17.4 Å². The second kappa shape index (κ2) is 7.13. The van der Waals surface area contributed by atoms with Gasteiger partial charge in [-0.1, -0.05) is 6.07 Å². The lowest BCUT2D eigenvalue weighted by Gasteiger charge is -2.15. The molecular formula is C16H16F3N3O. The predicted octanol–water partition coefficient (Wildman–Crippen LogP) is 3.39. The summed E-state index contributed by atoms with van der Waals surface area (Å²) in [5.41, 5.74) is 0.381. The molecule has 1 heterocycles. The van der Waals surface area contributed by atoms with Gasteiger partial charge in [-0.2, -0.15) is 13.2 Å². The van der Waals surface area contributed by atoms with Crippen molar-refractivity contribution < 1.29 is 18.0 Å². The Morgan fingerprint density at radius 1 is 1.22 bits per heavy atom. The summed E-state index contributed by atoms with van der Waals surface area (Å²) in [5.74, 6) is -0.313. The number of pyridine rings is 1. The van der Waals surface area contributed by atoms with Crippen LogP contribution in [0.15, 0.2) is 48.8 Å². The van der Waals surface area contributed by atoms with E-state index < -0.39 is 11.7 Å². The summed E-state index contributed by atoms with van der Waals surface area (Å²) in [6.07, 6.45) is -1.16. The van der Waals surface area contributed by atoms with Gasteiger partial charge in [0, 0.05) is 18.1 Å². The number of aromatic nitrogens is 1. The Balaban J connectivity index is 1.90. The Morgan fingerprint density at radius 3 is 2.57 bits per heavy atom. The number of carbonyl (C=O) groups is 1. The molecule has 0 aliphatic heterocycles. The van der Waals surface area contributed by atoms with Gasteiger partial charge >= 0.3 is 6.18 Å². The van der Waals surface area contributed by atoms with E-state index in [1.54, 1.807) is 24.5 Å². The van der Waals surface area contributed by atoms with Gasteiger partial charge < -0.3 is 10.6 Å². The van der Waals surface area contributed by atoms with Crippen molar-refractivity contribution in [1.82, 2.24) is 10.3 Å². The largest absolute Gasteiger partial charge is 0.416 e. The molecule has 0 saturated heterocycles. The van der Waals surface area contributed by atoms with Gasteiger partial charge in [0.2, 0.25) is 5.91 Å². The lowest BCUT2D eigenvalue weighted by molar-refractivity contribution is -0.137. The highest BCUT2D eigenvalue weighted by molar-refractivity contribution is 5.81. The van der Waals surface area contributed by atoms with Crippen LogP contribution in [0.3, 0.4) is 0 Å². The fourth-order valence-electron chi connectivity index (χ4n) is 2.02. The van der Waals surface area contributed by atoms with Gasteiger partial charge in [-0.15, -0.1) is 0 Å². The number of carbonyl (C=O) groups excluding carboxylic acids is 1. The first-order valence-corrected chi connectivity index (χ1v) is 6.96. The molecule has 7 heteroatoms. The summed E-state index contributed by atoms with van der Waals surface area (Å²) < 4.78 is 37.8. The minimum Gasteiger partial charge on any atom is -0.376 e. The maximum Gasteiger partial charge on any atom is 0.416 e. The molecule has 4 nitrogen and oxygen atoms in total. The van der Waals surface area contributed by atoms with Crippen LogP contribution >= 0.6 is 0 Å². The SMILES string of the molecule is CC(NC(=O)CNc1cccc(C(F)(F)F)c1)c1ccncc1. The van der Waals surface area contributed by atoms with E-state index in [0.717, 1.165) is 17.7 Å². The first kappa shape index (κ1) is 16.8. The molecule has 2 aromatic rings. The maximum absolute atomic E-state index is 12.6. The summed E-state index contributed by atoms with van der Waals surface area (Å²) >= 11 is 0. The molecular weight excluding hydrogens is 307 g/mol. The molecule has 0 aliphatic carbocycles. The molecule has 0 aliphatic rings. The molecule has 122 valence electrons. The standard InChI is InChI=1S/C16H16F3N3O/c1-11(12-5-7-20-8-6-12)22-15(23)10-21-14-4-2-3-13(9-14)16(17,18)19/h2-9,11,21H,10H2,1H3,(H,22,23). The number of amides is 1. The molecule has 0 bridgehead atoms. The predicted molar refractivity (Wildman–Crippen MR) is 80.7 cm³/mol. The number of anilines is 1. The number of benzene rings is 1. The quantitative estimate of drug-likeness (QED) is 0.887. The molecule has 1 amide bonds. The molecule has 23 heavy (non-hydrogen) atoms. The molecule has 0 saturated carbocycles. The number of halogens is 3. The second-order valence-electron chi connectivity index (χ2n) is 5.00. The van der Waals surface area contributed by atoms with Crippen LogP contribution in [0.5, 0.6) is 0 Å². The Hall–Kier alpha value is -2.57. The third-order valence-electron chi connectivity index (χ3n) is 3.23. The van der Waals surface area contributed by atoms with Crippen molar-refractivity contribution >= 4 is 11.6 Å². The topological polar surface area (TPSA) is 54.0 Å². The van der Waals surface area contributed by atoms with Gasteiger partial charge in [0.05, 0.1) is 18.2 Å². The Kier molecular flexibility index (Phi) is 5.20. The van der Waals surface area contributed by atoms with Gasteiger partial charge in [-0.3, -0.25) is 9.78 Å². The van der Waals surface area contributed by atoms with Crippen molar-refractivity contribution in [3.63, 3.8) is 0 Å². The van der Waals surface area contributed by atoms with Crippen molar-refractivity contribution in [2.24, 2.45) is 0 Å². The van der Waals surface area contributed by atoms with E-state index in [4.69, 9.17) is 0 Å². The molecule has 1 aromatic heterocycles. The Bertz CT molecular complexity index is 659. The highest BCUT2D eigenvalue weighted by atomic mass is 19.4. The first-order chi connectivity index (χ1) is 10.9. The van der Waals surface area contributed by atoms with E-state index in [-0.39, 0.29) is 24.2 Å². The van der Waals surface area contributed by atoms with Crippen LogP contribution in [0.1, 0.15) is 24.1 Å². The number of nitrogens with zero attached hydrogens (tertiary/aromatic N) is 1. The van der Waals surface area contributed by atoms with Crippen LogP contribution in [0.25, 0.3) is 0 Å². The van der Waals surface area contributed by atoms with Crippen LogP contribution in [0, 0.1) is 0 Å². The van der Waals surface area contributed by atoms with Crippen LogP contribution in [-0.2, 0) is 11.0 Å². The van der Waals surface area contributed by atoms with E-state index in [1.165, 1.54) is 12.1 Å². The third-order valence-corrected chi connectivity index (χ3v) is 3.23. The monoisotopic (exact) mass is 323 g/mol. The van der Waals surface area contributed by atoms with E-state index in [2.05, 4.69) is 15.6 Å². The van der Waals surface area contributed by atoms with Crippen molar-refractivity contribution in [2.45, 2.75) is 19.1 Å². The number of nitrogens with one attached hydrogen (secondary N) is 2. The van der Waals surface area contributed by atoms with Crippen LogP contribution < -0.4 is 10.6 Å². The van der Waals surface area contributed by atoms with E-state index in [0.29, 0.717) is 0 Å². The van der Waals surface area contributed by atoms with Crippen molar-refractivity contribution in [3.05, 3.63) is 59.9 Å². The molecule has 1 aromatic carbocycles. The number of rotatable bonds is 5. The summed E-state index contributed by atoms with van der Waals surface area (Å²) in [5, 5.41) is 5.45. The van der Waals surface area contributed by atoms with E-state index in [1.807, 2.05) is 6.92 Å². The minimum atomic E-state index is -4.41. The molecule has 0 spiro atoms.